The molecule has 0 aliphatic rings. The molecule has 0 aromatic rings. The molecular weight excluding hydrogens is 136 g/mol. The molecule has 0 saturated carbocycles. The van der Waals surface area contributed by atoms with Crippen LogP contribution in [-0.4, -0.2) is 31.1 Å². The normalized spacial score (nSPS) is 9.30. The monoisotopic (exact) mass is 148 g/mol. The molecule has 0 aliphatic carbocycles. The van der Waals surface area contributed by atoms with E-state index in [1.807, 2.05) is 6.92 Å². The molecule has 0 radical (unpaired) electrons. The zero-order chi connectivity index (χ0) is 7.82. The van der Waals surface area contributed by atoms with Crippen molar-refractivity contribution in [1.82, 2.24) is 0 Å². The Morgan fingerprint density at radius 2 is 2.20 bits per heavy atom. The van der Waals surface area contributed by atoms with Crippen LogP contribution in [-0.2, 0) is 9.47 Å². The van der Waals surface area contributed by atoms with Crippen molar-refractivity contribution in [2.45, 2.75) is 13.3 Å². The molecule has 0 aromatic carbocycles. The van der Waals surface area contributed by atoms with Crippen molar-refractivity contribution in [3.05, 3.63) is 0 Å². The zero-order valence-corrected chi connectivity index (χ0v) is 6.00. The number of hydrogen-bond donors (Lipinski definition) is 1. The Balaban J connectivity index is 2.84. The molecule has 0 unspecified atom stereocenters. The van der Waals surface area contributed by atoms with E-state index >= 15 is 0 Å². The van der Waals surface area contributed by atoms with Crippen molar-refractivity contribution in [3.8, 4) is 0 Å². The number of rotatable bonds is 5. The molecule has 0 amide bonds. The predicted octanol–water partition coefficient (Wildman–Crippen LogP) is 1.11. The summed E-state index contributed by atoms with van der Waals surface area (Å²) in [5.74, 6) is 0. The molecular formula is C6H12O4. The van der Waals surface area contributed by atoms with Crippen molar-refractivity contribution in [1.29, 1.82) is 0 Å². The molecule has 0 fully saturated rings. The Hall–Kier alpha value is -0.770. The van der Waals surface area contributed by atoms with Crippen LogP contribution in [0.5, 0.6) is 0 Å². The molecule has 0 aromatic heterocycles. The lowest BCUT2D eigenvalue weighted by Crippen LogP contribution is -2.04. The second kappa shape index (κ2) is 6.35. The van der Waals surface area contributed by atoms with Crippen LogP contribution < -0.4 is 0 Å². The minimum Gasteiger partial charge on any atom is -0.450 e. The number of hydrogen-bond acceptors (Lipinski definition) is 3. The van der Waals surface area contributed by atoms with Gasteiger partial charge in [0.1, 0.15) is 0 Å². The first-order valence-electron chi connectivity index (χ1n) is 3.20. The van der Waals surface area contributed by atoms with Gasteiger partial charge in [0.05, 0.1) is 6.61 Å². The Bertz CT molecular complexity index is 91.7. The number of carboxylic acid groups (broad SMARTS) is 1. The van der Waals surface area contributed by atoms with E-state index in [0.717, 1.165) is 0 Å². The first-order chi connectivity index (χ1) is 4.77. The smallest absolute Gasteiger partial charge is 0.450 e. The van der Waals surface area contributed by atoms with Crippen LogP contribution in [0.2, 0.25) is 0 Å². The fourth-order valence-corrected chi connectivity index (χ4v) is 0.465. The van der Waals surface area contributed by atoms with Gasteiger partial charge >= 0.3 is 6.16 Å². The maximum atomic E-state index is 9.77. The van der Waals surface area contributed by atoms with Crippen molar-refractivity contribution >= 4 is 6.16 Å². The third-order valence-corrected chi connectivity index (χ3v) is 0.863. The summed E-state index contributed by atoms with van der Waals surface area (Å²) in [7, 11) is 0. The minimum atomic E-state index is -1.23. The van der Waals surface area contributed by atoms with Crippen LogP contribution in [0.15, 0.2) is 0 Å². The molecule has 1 N–H and O–H groups in total. The van der Waals surface area contributed by atoms with Gasteiger partial charge in [-0.15, -0.1) is 0 Å². The standard InChI is InChI=1S/C6H12O4/c1-2-9-4-3-5-10-6(7)8/h2-5H2,1H3,(H,7,8). The van der Waals surface area contributed by atoms with Crippen LogP contribution in [0, 0.1) is 0 Å². The predicted molar refractivity (Wildman–Crippen MR) is 35.1 cm³/mol. The minimum absolute atomic E-state index is 0.218. The first-order valence-corrected chi connectivity index (χ1v) is 3.20. The van der Waals surface area contributed by atoms with Gasteiger partial charge in [-0.3, -0.25) is 0 Å². The lowest BCUT2D eigenvalue weighted by atomic mass is 10.5. The van der Waals surface area contributed by atoms with E-state index in [2.05, 4.69) is 4.74 Å². The van der Waals surface area contributed by atoms with Crippen LogP contribution in [0.25, 0.3) is 0 Å². The maximum Gasteiger partial charge on any atom is 0.505 e. The Morgan fingerprint density at radius 1 is 1.50 bits per heavy atom. The third kappa shape index (κ3) is 7.23. The second-order valence-corrected chi connectivity index (χ2v) is 1.66. The zero-order valence-electron chi connectivity index (χ0n) is 6.00. The molecule has 60 valence electrons. The van der Waals surface area contributed by atoms with Gasteiger partial charge in [-0.2, -0.15) is 0 Å². The van der Waals surface area contributed by atoms with E-state index in [0.29, 0.717) is 19.6 Å². The van der Waals surface area contributed by atoms with Crippen LogP contribution in [0.4, 0.5) is 4.79 Å². The van der Waals surface area contributed by atoms with Crippen molar-refractivity contribution in [2.24, 2.45) is 0 Å². The SMILES string of the molecule is CCOCCCOC(=O)O. The van der Waals surface area contributed by atoms with Crippen LogP contribution in [0.1, 0.15) is 13.3 Å². The van der Waals surface area contributed by atoms with Gasteiger partial charge in [0.2, 0.25) is 0 Å². The van der Waals surface area contributed by atoms with E-state index < -0.39 is 6.16 Å². The Kier molecular flexibility index (Phi) is 5.86. The molecule has 0 rings (SSSR count). The molecule has 0 heterocycles. The molecule has 4 nitrogen and oxygen atoms in total. The summed E-state index contributed by atoms with van der Waals surface area (Å²) in [5, 5.41) is 8.01. The molecule has 0 aliphatic heterocycles. The highest BCUT2D eigenvalue weighted by Crippen LogP contribution is 1.84. The molecule has 0 saturated heterocycles. The summed E-state index contributed by atoms with van der Waals surface area (Å²) in [6, 6.07) is 0. The Labute approximate surface area is 59.7 Å². The molecule has 0 spiro atoms. The summed E-state index contributed by atoms with van der Waals surface area (Å²) >= 11 is 0. The number of carbonyl (C=O) groups is 1. The summed E-state index contributed by atoms with van der Waals surface area (Å²) in [6.45, 7) is 3.32. The third-order valence-electron chi connectivity index (χ3n) is 0.863. The average Bonchev–Trinajstić information content (AvgIpc) is 1.87. The fraction of sp³-hybridized carbons (Fsp3) is 0.833. The van der Waals surface area contributed by atoms with Gasteiger partial charge in [-0.25, -0.2) is 4.79 Å². The van der Waals surface area contributed by atoms with Gasteiger partial charge in [0.15, 0.2) is 0 Å². The van der Waals surface area contributed by atoms with E-state index in [4.69, 9.17) is 9.84 Å². The lowest BCUT2D eigenvalue weighted by Gasteiger charge is -1.99. The van der Waals surface area contributed by atoms with Gasteiger partial charge in [-0.1, -0.05) is 0 Å². The number of ether oxygens (including phenoxy) is 2. The molecule has 10 heavy (non-hydrogen) atoms. The lowest BCUT2D eigenvalue weighted by molar-refractivity contribution is 0.0750. The van der Waals surface area contributed by atoms with Gasteiger partial charge in [0.25, 0.3) is 0 Å². The van der Waals surface area contributed by atoms with Crippen molar-refractivity contribution < 1.29 is 19.4 Å². The summed E-state index contributed by atoms with van der Waals surface area (Å²) in [4.78, 5) is 9.77. The van der Waals surface area contributed by atoms with E-state index in [1.165, 1.54) is 0 Å². The van der Waals surface area contributed by atoms with Gasteiger partial charge < -0.3 is 14.6 Å². The average molecular weight is 148 g/mol. The Morgan fingerprint density at radius 3 is 2.70 bits per heavy atom. The van der Waals surface area contributed by atoms with Crippen LogP contribution in [0.3, 0.4) is 0 Å². The van der Waals surface area contributed by atoms with E-state index in [-0.39, 0.29) is 6.61 Å². The second-order valence-electron chi connectivity index (χ2n) is 1.66. The maximum absolute atomic E-state index is 9.77. The summed E-state index contributed by atoms with van der Waals surface area (Å²) < 4.78 is 9.17. The highest BCUT2D eigenvalue weighted by atomic mass is 16.7. The molecule has 0 atom stereocenters. The topological polar surface area (TPSA) is 55.8 Å². The summed E-state index contributed by atoms with van der Waals surface area (Å²) in [5.41, 5.74) is 0. The van der Waals surface area contributed by atoms with Crippen molar-refractivity contribution in [3.63, 3.8) is 0 Å². The van der Waals surface area contributed by atoms with Gasteiger partial charge in [0, 0.05) is 19.6 Å². The molecule has 0 bridgehead atoms. The summed E-state index contributed by atoms with van der Waals surface area (Å²) in [6.07, 6.45) is -0.600. The quantitative estimate of drug-likeness (QED) is 0.468. The fourth-order valence-electron chi connectivity index (χ4n) is 0.465. The first kappa shape index (κ1) is 9.23. The highest BCUT2D eigenvalue weighted by molar-refractivity contribution is 5.56. The highest BCUT2D eigenvalue weighted by Gasteiger charge is 1.93. The van der Waals surface area contributed by atoms with E-state index in [9.17, 15) is 4.79 Å². The van der Waals surface area contributed by atoms with Gasteiger partial charge in [-0.05, 0) is 6.92 Å². The largest absolute Gasteiger partial charge is 0.505 e. The van der Waals surface area contributed by atoms with Crippen LogP contribution >= 0.6 is 0 Å². The van der Waals surface area contributed by atoms with Crippen molar-refractivity contribution in [2.75, 3.05) is 19.8 Å². The molecule has 4 heteroatoms. The van der Waals surface area contributed by atoms with E-state index in [1.54, 1.807) is 0 Å².